The molecule has 0 bridgehead atoms. The van der Waals surface area contributed by atoms with E-state index in [-0.39, 0.29) is 0 Å². The molecule has 18 heavy (non-hydrogen) atoms. The Morgan fingerprint density at radius 2 is 2.11 bits per heavy atom. The van der Waals surface area contributed by atoms with Crippen LogP contribution in [-0.2, 0) is 12.8 Å². The third-order valence-electron chi connectivity index (χ3n) is 3.31. The van der Waals surface area contributed by atoms with Crippen LogP contribution in [0.3, 0.4) is 0 Å². The molecule has 0 saturated carbocycles. The maximum atomic E-state index is 4.66. The number of hydrogen-bond donors (Lipinski definition) is 1. The van der Waals surface area contributed by atoms with Crippen molar-refractivity contribution in [2.75, 3.05) is 12.4 Å². The van der Waals surface area contributed by atoms with Crippen molar-refractivity contribution >= 4 is 5.82 Å². The predicted octanol–water partition coefficient (Wildman–Crippen LogP) is 2.38. The number of aromatic nitrogens is 3. The van der Waals surface area contributed by atoms with Gasteiger partial charge in [0.2, 0.25) is 0 Å². The highest BCUT2D eigenvalue weighted by atomic mass is 15.0. The Morgan fingerprint density at radius 1 is 1.22 bits per heavy atom. The van der Waals surface area contributed by atoms with Crippen LogP contribution in [0.1, 0.15) is 23.2 Å². The van der Waals surface area contributed by atoms with Gasteiger partial charge in [0.05, 0.1) is 0 Å². The summed E-state index contributed by atoms with van der Waals surface area (Å²) in [4.78, 5) is 13.6. The standard InChI is InChI=1S/C14H16N4/c1-9-6-7-16-12(8-9)14-17-11-5-3-4-10(11)13(15-2)18-14/h6-8H,3-5H2,1-2H3,(H,15,17,18). The van der Waals surface area contributed by atoms with Gasteiger partial charge in [-0.3, -0.25) is 4.98 Å². The number of anilines is 1. The first kappa shape index (κ1) is 11.1. The van der Waals surface area contributed by atoms with Crippen molar-refractivity contribution in [1.29, 1.82) is 0 Å². The molecule has 4 heteroatoms. The van der Waals surface area contributed by atoms with Crippen molar-refractivity contribution in [3.05, 3.63) is 35.2 Å². The van der Waals surface area contributed by atoms with Gasteiger partial charge in [-0.15, -0.1) is 0 Å². The molecule has 2 aromatic heterocycles. The minimum absolute atomic E-state index is 0.726. The van der Waals surface area contributed by atoms with Gasteiger partial charge in [-0.25, -0.2) is 9.97 Å². The van der Waals surface area contributed by atoms with Gasteiger partial charge in [-0.1, -0.05) is 0 Å². The molecule has 0 radical (unpaired) electrons. The Hall–Kier alpha value is -1.97. The van der Waals surface area contributed by atoms with E-state index in [1.54, 1.807) is 6.20 Å². The summed E-state index contributed by atoms with van der Waals surface area (Å²) in [5.74, 6) is 1.68. The summed E-state index contributed by atoms with van der Waals surface area (Å²) in [6.45, 7) is 2.05. The quantitative estimate of drug-likeness (QED) is 0.875. The van der Waals surface area contributed by atoms with Crippen molar-refractivity contribution in [1.82, 2.24) is 15.0 Å². The van der Waals surface area contributed by atoms with Gasteiger partial charge in [0, 0.05) is 24.5 Å². The third-order valence-corrected chi connectivity index (χ3v) is 3.31. The molecule has 0 atom stereocenters. The summed E-state index contributed by atoms with van der Waals surface area (Å²) in [6, 6.07) is 4.01. The molecule has 0 saturated heterocycles. The normalized spacial score (nSPS) is 13.4. The summed E-state index contributed by atoms with van der Waals surface area (Å²) in [7, 11) is 1.91. The average Bonchev–Trinajstić information content (AvgIpc) is 2.85. The number of rotatable bonds is 2. The van der Waals surface area contributed by atoms with Crippen molar-refractivity contribution in [2.45, 2.75) is 26.2 Å². The van der Waals surface area contributed by atoms with Crippen LogP contribution in [-0.4, -0.2) is 22.0 Å². The highest BCUT2D eigenvalue weighted by Crippen LogP contribution is 2.28. The molecular weight excluding hydrogens is 224 g/mol. The van der Waals surface area contributed by atoms with Gasteiger partial charge >= 0.3 is 0 Å². The summed E-state index contributed by atoms with van der Waals surface area (Å²) in [5, 5.41) is 3.17. The molecule has 0 aliphatic heterocycles. The third kappa shape index (κ3) is 1.83. The van der Waals surface area contributed by atoms with E-state index < -0.39 is 0 Å². The van der Waals surface area contributed by atoms with Crippen molar-refractivity contribution in [3.8, 4) is 11.5 Å². The van der Waals surface area contributed by atoms with E-state index in [0.29, 0.717) is 0 Å². The second kappa shape index (κ2) is 4.37. The minimum atomic E-state index is 0.726. The van der Waals surface area contributed by atoms with Crippen LogP contribution in [0.2, 0.25) is 0 Å². The Bertz CT molecular complexity index is 592. The molecule has 2 heterocycles. The molecular formula is C14H16N4. The monoisotopic (exact) mass is 240 g/mol. The molecule has 0 spiro atoms. The number of nitrogens with one attached hydrogen (secondary N) is 1. The maximum absolute atomic E-state index is 4.66. The first-order valence-electron chi connectivity index (χ1n) is 6.28. The summed E-state index contributed by atoms with van der Waals surface area (Å²) >= 11 is 0. The van der Waals surface area contributed by atoms with Gasteiger partial charge in [-0.2, -0.15) is 0 Å². The Labute approximate surface area is 107 Å². The lowest BCUT2D eigenvalue weighted by Gasteiger charge is -2.09. The highest BCUT2D eigenvalue weighted by Gasteiger charge is 2.19. The lowest BCUT2D eigenvalue weighted by Crippen LogP contribution is -2.04. The van der Waals surface area contributed by atoms with Crippen LogP contribution in [0.15, 0.2) is 18.3 Å². The van der Waals surface area contributed by atoms with Crippen LogP contribution in [0.4, 0.5) is 5.82 Å². The number of fused-ring (bicyclic) bond motifs is 1. The number of aryl methyl sites for hydroxylation is 2. The van der Waals surface area contributed by atoms with Gasteiger partial charge in [0.25, 0.3) is 0 Å². The molecule has 92 valence electrons. The lowest BCUT2D eigenvalue weighted by molar-refractivity contribution is 0.899. The first-order valence-corrected chi connectivity index (χ1v) is 6.28. The molecule has 1 N–H and O–H groups in total. The van der Waals surface area contributed by atoms with E-state index in [1.807, 2.05) is 19.2 Å². The topological polar surface area (TPSA) is 50.7 Å². The highest BCUT2D eigenvalue weighted by molar-refractivity contribution is 5.58. The molecule has 3 rings (SSSR count). The van der Waals surface area contributed by atoms with E-state index in [2.05, 4.69) is 27.2 Å². The lowest BCUT2D eigenvalue weighted by atomic mass is 10.2. The zero-order chi connectivity index (χ0) is 12.5. The van der Waals surface area contributed by atoms with E-state index in [1.165, 1.54) is 23.2 Å². The molecule has 2 aromatic rings. The summed E-state index contributed by atoms with van der Waals surface area (Å²) < 4.78 is 0. The zero-order valence-electron chi connectivity index (χ0n) is 10.7. The van der Waals surface area contributed by atoms with Crippen molar-refractivity contribution in [3.63, 3.8) is 0 Å². The van der Waals surface area contributed by atoms with Gasteiger partial charge in [-0.05, 0) is 43.9 Å². The number of hydrogen-bond acceptors (Lipinski definition) is 4. The van der Waals surface area contributed by atoms with E-state index in [4.69, 9.17) is 0 Å². The molecule has 0 amide bonds. The smallest absolute Gasteiger partial charge is 0.180 e. The Morgan fingerprint density at radius 3 is 2.89 bits per heavy atom. The number of nitrogens with zero attached hydrogens (tertiary/aromatic N) is 3. The fourth-order valence-corrected chi connectivity index (χ4v) is 2.41. The van der Waals surface area contributed by atoms with Crippen molar-refractivity contribution < 1.29 is 0 Å². The first-order chi connectivity index (χ1) is 8.78. The predicted molar refractivity (Wildman–Crippen MR) is 71.6 cm³/mol. The van der Waals surface area contributed by atoms with E-state index in [0.717, 1.165) is 30.2 Å². The second-order valence-electron chi connectivity index (χ2n) is 4.64. The van der Waals surface area contributed by atoms with Gasteiger partial charge < -0.3 is 5.32 Å². The summed E-state index contributed by atoms with van der Waals surface area (Å²) in [5.41, 5.74) is 4.47. The fraction of sp³-hybridized carbons (Fsp3) is 0.357. The van der Waals surface area contributed by atoms with Gasteiger partial charge in [0.1, 0.15) is 11.5 Å². The summed E-state index contributed by atoms with van der Waals surface area (Å²) in [6.07, 6.45) is 5.10. The molecule has 0 unspecified atom stereocenters. The largest absolute Gasteiger partial charge is 0.373 e. The second-order valence-corrected chi connectivity index (χ2v) is 4.64. The molecule has 1 aliphatic carbocycles. The number of pyridine rings is 1. The van der Waals surface area contributed by atoms with Crippen LogP contribution in [0.25, 0.3) is 11.5 Å². The van der Waals surface area contributed by atoms with E-state index >= 15 is 0 Å². The fourth-order valence-electron chi connectivity index (χ4n) is 2.41. The van der Waals surface area contributed by atoms with Crippen LogP contribution in [0.5, 0.6) is 0 Å². The Balaban J connectivity index is 2.13. The van der Waals surface area contributed by atoms with Crippen molar-refractivity contribution in [2.24, 2.45) is 0 Å². The molecule has 1 aliphatic rings. The average molecular weight is 240 g/mol. The molecule has 0 aromatic carbocycles. The Kier molecular flexibility index (Phi) is 2.70. The van der Waals surface area contributed by atoms with Gasteiger partial charge in [0.15, 0.2) is 5.82 Å². The SMILES string of the molecule is CNc1nc(-c2cc(C)ccn2)nc2c1CCC2. The zero-order valence-corrected chi connectivity index (χ0v) is 10.7. The molecule has 0 fully saturated rings. The maximum Gasteiger partial charge on any atom is 0.180 e. The van der Waals surface area contributed by atoms with Crippen LogP contribution in [0, 0.1) is 6.92 Å². The van der Waals surface area contributed by atoms with Crippen LogP contribution < -0.4 is 5.32 Å². The minimum Gasteiger partial charge on any atom is -0.373 e. The van der Waals surface area contributed by atoms with E-state index in [9.17, 15) is 0 Å². The molecule has 4 nitrogen and oxygen atoms in total. The van der Waals surface area contributed by atoms with Crippen LogP contribution >= 0.6 is 0 Å².